The molecule has 0 amide bonds. The van der Waals surface area contributed by atoms with Crippen molar-refractivity contribution < 1.29 is 0 Å². The number of thiazole rings is 1. The van der Waals surface area contributed by atoms with E-state index in [0.29, 0.717) is 5.92 Å². The second-order valence-corrected chi connectivity index (χ2v) is 7.36. The predicted octanol–water partition coefficient (Wildman–Crippen LogP) is 3.24. The van der Waals surface area contributed by atoms with E-state index in [0.717, 1.165) is 24.7 Å². The van der Waals surface area contributed by atoms with Gasteiger partial charge in [-0.3, -0.25) is 4.90 Å². The molecule has 0 spiro atoms. The second-order valence-electron chi connectivity index (χ2n) is 6.43. The molecule has 4 heteroatoms. The molecule has 3 unspecified atom stereocenters. The van der Waals surface area contributed by atoms with Crippen LogP contribution < -0.4 is 5.32 Å². The molecule has 3 atom stereocenters. The number of nitrogens with zero attached hydrogens (tertiary/aromatic N) is 2. The monoisotopic (exact) mass is 293 g/mol. The van der Waals surface area contributed by atoms with E-state index in [9.17, 15) is 0 Å². The smallest absolute Gasteiger partial charge is 0.0965 e. The Morgan fingerprint density at radius 3 is 2.75 bits per heavy atom. The summed E-state index contributed by atoms with van der Waals surface area (Å²) in [5.74, 6) is 0.578. The molecule has 0 radical (unpaired) electrons. The first-order valence-electron chi connectivity index (χ1n) is 8.16. The summed E-state index contributed by atoms with van der Waals surface area (Å²) in [6, 6.07) is 2.35. The van der Waals surface area contributed by atoms with E-state index >= 15 is 0 Å². The lowest BCUT2D eigenvalue weighted by molar-refractivity contribution is 0.0211. The molecular weight excluding hydrogens is 266 g/mol. The van der Waals surface area contributed by atoms with Gasteiger partial charge in [0.15, 0.2) is 0 Å². The van der Waals surface area contributed by atoms with Gasteiger partial charge in [-0.05, 0) is 32.2 Å². The summed E-state index contributed by atoms with van der Waals surface area (Å²) in [4.78, 5) is 7.31. The summed E-state index contributed by atoms with van der Waals surface area (Å²) < 4.78 is 0. The minimum Gasteiger partial charge on any atom is -0.314 e. The average molecular weight is 293 g/mol. The molecule has 2 aliphatic heterocycles. The van der Waals surface area contributed by atoms with Crippen molar-refractivity contribution in [2.75, 3.05) is 13.1 Å². The number of hydrogen-bond acceptors (Lipinski definition) is 4. The van der Waals surface area contributed by atoms with Crippen molar-refractivity contribution in [1.29, 1.82) is 0 Å². The highest BCUT2D eigenvalue weighted by Crippen LogP contribution is 2.35. The minimum absolute atomic E-state index is 0.578. The van der Waals surface area contributed by atoms with Gasteiger partial charge in [0.1, 0.15) is 0 Å². The van der Waals surface area contributed by atoms with Gasteiger partial charge in [0, 0.05) is 42.2 Å². The molecule has 2 aliphatic rings. The van der Waals surface area contributed by atoms with E-state index in [1.807, 2.05) is 6.20 Å². The van der Waals surface area contributed by atoms with Gasteiger partial charge in [0.05, 0.1) is 5.01 Å². The summed E-state index contributed by atoms with van der Waals surface area (Å²) in [7, 11) is 0. The molecule has 3 nitrogen and oxygen atoms in total. The van der Waals surface area contributed by atoms with Gasteiger partial charge < -0.3 is 5.32 Å². The lowest BCUT2D eigenvalue weighted by Gasteiger charge is -2.49. The first-order chi connectivity index (χ1) is 9.78. The van der Waals surface area contributed by atoms with E-state index in [-0.39, 0.29) is 0 Å². The molecular formula is C16H27N3S. The van der Waals surface area contributed by atoms with Crippen LogP contribution in [0.3, 0.4) is 0 Å². The number of aromatic nitrogens is 1. The highest BCUT2D eigenvalue weighted by atomic mass is 32.1. The van der Waals surface area contributed by atoms with E-state index in [1.165, 1.54) is 43.7 Å². The van der Waals surface area contributed by atoms with Crippen LogP contribution >= 0.6 is 11.3 Å². The Morgan fingerprint density at radius 1 is 1.40 bits per heavy atom. The maximum atomic E-state index is 4.50. The van der Waals surface area contributed by atoms with E-state index in [1.54, 1.807) is 11.3 Å². The van der Waals surface area contributed by atoms with Crippen LogP contribution in [0.25, 0.3) is 0 Å². The molecule has 3 heterocycles. The van der Waals surface area contributed by atoms with Crippen molar-refractivity contribution in [1.82, 2.24) is 15.2 Å². The van der Waals surface area contributed by atoms with Crippen LogP contribution in [-0.2, 0) is 0 Å². The van der Waals surface area contributed by atoms with Crippen LogP contribution in [-0.4, -0.2) is 41.1 Å². The Kier molecular flexibility index (Phi) is 4.74. The fourth-order valence-electron chi connectivity index (χ4n) is 4.10. The molecule has 0 aliphatic carbocycles. The Labute approximate surface area is 126 Å². The molecule has 112 valence electrons. The number of hydrogen-bond donors (Lipinski definition) is 1. The quantitative estimate of drug-likeness (QED) is 0.903. The Balaban J connectivity index is 1.64. The van der Waals surface area contributed by atoms with Gasteiger partial charge in [-0.15, -0.1) is 11.3 Å². The first kappa shape index (κ1) is 14.5. The highest BCUT2D eigenvalue weighted by molar-refractivity contribution is 7.09. The van der Waals surface area contributed by atoms with Crippen LogP contribution in [0.5, 0.6) is 0 Å². The van der Waals surface area contributed by atoms with E-state index in [4.69, 9.17) is 0 Å². The zero-order valence-corrected chi connectivity index (χ0v) is 13.5. The third kappa shape index (κ3) is 3.07. The van der Waals surface area contributed by atoms with Crippen LogP contribution in [0.4, 0.5) is 0 Å². The standard InChI is InChI=1S/C16H27N3S/c1-3-17-13-9-14-5-4-6-15(10-13)19(14)11-12(2)16-18-7-8-20-16/h7-8,12-15,17H,3-6,9-11H2,1-2H3. The highest BCUT2D eigenvalue weighted by Gasteiger charge is 2.38. The molecule has 3 rings (SSSR count). The number of piperidine rings is 2. The van der Waals surface area contributed by atoms with Crippen LogP contribution in [0.15, 0.2) is 11.6 Å². The van der Waals surface area contributed by atoms with E-state index < -0.39 is 0 Å². The Morgan fingerprint density at radius 2 is 2.15 bits per heavy atom. The van der Waals surface area contributed by atoms with Crippen LogP contribution in [0.1, 0.15) is 56.9 Å². The maximum Gasteiger partial charge on any atom is 0.0965 e. The average Bonchev–Trinajstić information content (AvgIpc) is 2.94. The van der Waals surface area contributed by atoms with Crippen molar-refractivity contribution in [3.8, 4) is 0 Å². The van der Waals surface area contributed by atoms with Gasteiger partial charge in [0.2, 0.25) is 0 Å². The third-order valence-electron chi connectivity index (χ3n) is 4.98. The Hall–Kier alpha value is -0.450. The normalized spacial score (nSPS) is 32.2. The van der Waals surface area contributed by atoms with Crippen molar-refractivity contribution in [3.63, 3.8) is 0 Å². The van der Waals surface area contributed by atoms with Crippen molar-refractivity contribution in [2.24, 2.45) is 0 Å². The first-order valence-corrected chi connectivity index (χ1v) is 9.04. The molecule has 20 heavy (non-hydrogen) atoms. The van der Waals surface area contributed by atoms with E-state index in [2.05, 4.69) is 34.4 Å². The number of nitrogens with one attached hydrogen (secondary N) is 1. The van der Waals surface area contributed by atoms with Crippen LogP contribution in [0, 0.1) is 0 Å². The molecule has 1 aromatic heterocycles. The molecule has 0 saturated carbocycles. The second kappa shape index (κ2) is 6.54. The largest absolute Gasteiger partial charge is 0.314 e. The summed E-state index contributed by atoms with van der Waals surface area (Å²) in [5.41, 5.74) is 0. The molecule has 1 aromatic rings. The van der Waals surface area contributed by atoms with Crippen molar-refractivity contribution in [2.45, 2.75) is 70.0 Å². The molecule has 2 saturated heterocycles. The molecule has 2 bridgehead atoms. The van der Waals surface area contributed by atoms with Crippen molar-refractivity contribution >= 4 is 11.3 Å². The zero-order valence-electron chi connectivity index (χ0n) is 12.7. The van der Waals surface area contributed by atoms with Gasteiger partial charge in [-0.25, -0.2) is 4.98 Å². The predicted molar refractivity (Wildman–Crippen MR) is 85.4 cm³/mol. The summed E-state index contributed by atoms with van der Waals surface area (Å²) in [6.07, 6.45) is 8.83. The lowest BCUT2D eigenvalue weighted by Crippen LogP contribution is -2.56. The van der Waals surface area contributed by atoms with Gasteiger partial charge in [-0.1, -0.05) is 20.3 Å². The zero-order chi connectivity index (χ0) is 13.9. The topological polar surface area (TPSA) is 28.2 Å². The Bertz CT molecular complexity index is 392. The number of rotatable bonds is 5. The van der Waals surface area contributed by atoms with Crippen LogP contribution in [0.2, 0.25) is 0 Å². The van der Waals surface area contributed by atoms with Gasteiger partial charge in [0.25, 0.3) is 0 Å². The fourth-order valence-corrected chi connectivity index (χ4v) is 4.79. The summed E-state index contributed by atoms with van der Waals surface area (Å²) >= 11 is 1.81. The summed E-state index contributed by atoms with van der Waals surface area (Å²) in [6.45, 7) is 6.87. The maximum absolute atomic E-state index is 4.50. The lowest BCUT2D eigenvalue weighted by atomic mass is 9.81. The molecule has 2 fully saturated rings. The van der Waals surface area contributed by atoms with Gasteiger partial charge >= 0.3 is 0 Å². The third-order valence-corrected chi connectivity index (χ3v) is 5.98. The van der Waals surface area contributed by atoms with Crippen molar-refractivity contribution in [3.05, 3.63) is 16.6 Å². The number of fused-ring (bicyclic) bond motifs is 2. The minimum atomic E-state index is 0.578. The molecule has 1 N–H and O–H groups in total. The fraction of sp³-hybridized carbons (Fsp3) is 0.812. The SMILES string of the molecule is CCNC1CC2CCCC(C1)N2CC(C)c1nccs1. The summed E-state index contributed by atoms with van der Waals surface area (Å²) in [5, 5.41) is 7.08. The molecule has 0 aromatic carbocycles. The van der Waals surface area contributed by atoms with Gasteiger partial charge in [-0.2, -0.15) is 0 Å².